The number of carbonyl (C=O) groups excluding carboxylic acids is 1. The molecule has 11 aliphatic rings. The van der Waals surface area contributed by atoms with Crippen molar-refractivity contribution < 1.29 is 154 Å². The predicted octanol–water partition coefficient (Wildman–Crippen LogP) is -4.72. The van der Waals surface area contributed by atoms with Crippen LogP contribution >= 0.6 is 0 Å². The van der Waals surface area contributed by atoms with Crippen LogP contribution in [0.25, 0.3) is 0 Å². The van der Waals surface area contributed by atoms with E-state index in [4.69, 9.17) is 56.8 Å². The van der Waals surface area contributed by atoms with Crippen molar-refractivity contribution in [1.29, 1.82) is 0 Å². The summed E-state index contributed by atoms with van der Waals surface area (Å²) in [6, 6.07) is 0. The van der Waals surface area contributed by atoms with Gasteiger partial charge in [-0.3, -0.25) is 4.79 Å². The lowest BCUT2D eigenvalue weighted by atomic mass is 9.33. The van der Waals surface area contributed by atoms with Crippen molar-refractivity contribution >= 4 is 5.97 Å². The molecule has 31 nitrogen and oxygen atoms in total. The van der Waals surface area contributed by atoms with Crippen LogP contribution in [0.15, 0.2) is 11.6 Å². The molecule has 0 radical (unpaired) electrons. The van der Waals surface area contributed by atoms with E-state index in [1.165, 1.54) is 12.5 Å². The number of allylic oxidation sites excluding steroid dienone is 2. The van der Waals surface area contributed by atoms with Gasteiger partial charge in [-0.25, -0.2) is 0 Å². The lowest BCUT2D eigenvalue weighted by molar-refractivity contribution is -0.390. The van der Waals surface area contributed by atoms with Gasteiger partial charge in [0, 0.05) is 0 Å². The van der Waals surface area contributed by atoms with Gasteiger partial charge in [-0.1, -0.05) is 60.1 Å². The van der Waals surface area contributed by atoms with Gasteiger partial charge in [-0.2, -0.15) is 0 Å². The Labute approximate surface area is 556 Å². The van der Waals surface area contributed by atoms with Gasteiger partial charge in [-0.15, -0.1) is 0 Å². The largest absolute Gasteiger partial charge is 0.432 e. The first-order valence-corrected chi connectivity index (χ1v) is 34.1. The zero-order valence-corrected chi connectivity index (χ0v) is 55.6. The molecule has 552 valence electrons. The number of fused-ring (bicyclic) bond motifs is 7. The zero-order chi connectivity index (χ0) is 70.0. The summed E-state index contributed by atoms with van der Waals surface area (Å²) in [5, 5.41) is 194. The lowest BCUT2D eigenvalue weighted by Gasteiger charge is -2.71. The zero-order valence-electron chi connectivity index (χ0n) is 55.6. The van der Waals surface area contributed by atoms with Gasteiger partial charge in [0.25, 0.3) is 0 Å². The summed E-state index contributed by atoms with van der Waals surface area (Å²) < 4.78 is 71.5. The minimum absolute atomic E-state index is 0.0759. The van der Waals surface area contributed by atoms with Gasteiger partial charge in [0.15, 0.2) is 31.5 Å². The third-order valence-electron chi connectivity index (χ3n) is 25.2. The second-order valence-corrected chi connectivity index (χ2v) is 31.5. The maximum absolute atomic E-state index is 15.2. The molecule has 6 heterocycles. The van der Waals surface area contributed by atoms with Crippen LogP contribution in [-0.4, -0.2) is 315 Å². The molecule has 0 bridgehead atoms. The molecule has 37 atom stereocenters. The number of hydrogen-bond donors (Lipinski definition) is 18. The predicted molar refractivity (Wildman–Crippen MR) is 321 cm³/mol. The van der Waals surface area contributed by atoms with Crippen LogP contribution in [-0.2, 0) is 61.6 Å². The number of rotatable bonds is 16. The first-order chi connectivity index (χ1) is 45.0. The molecule has 0 amide bonds. The average Bonchev–Trinajstić information content (AvgIpc) is 0.676. The minimum Gasteiger partial charge on any atom is -0.432 e. The normalized spacial score (nSPS) is 54.1. The molecule has 0 aromatic carbocycles. The molecule has 0 unspecified atom stereocenters. The molecule has 6 aliphatic heterocycles. The highest BCUT2D eigenvalue weighted by Gasteiger charge is 2.71. The van der Waals surface area contributed by atoms with Gasteiger partial charge in [0.1, 0.15) is 134 Å². The number of hydrogen-bond acceptors (Lipinski definition) is 31. The van der Waals surface area contributed by atoms with Crippen LogP contribution < -0.4 is 0 Å². The Morgan fingerprint density at radius 3 is 1.66 bits per heavy atom. The van der Waals surface area contributed by atoms with Crippen LogP contribution in [0.4, 0.5) is 0 Å². The lowest BCUT2D eigenvalue weighted by Crippen LogP contribution is -2.67. The molecule has 31 heteroatoms. The maximum atomic E-state index is 15.2. The summed E-state index contributed by atoms with van der Waals surface area (Å²) in [5.41, 5.74) is -1.49. The fourth-order valence-corrected chi connectivity index (χ4v) is 19.0. The molecule has 0 aromatic rings. The molecule has 10 fully saturated rings. The Bertz CT molecular complexity index is 2690. The van der Waals surface area contributed by atoms with E-state index in [0.29, 0.717) is 44.9 Å². The molecular weight excluding hydrogens is 1280 g/mol. The van der Waals surface area contributed by atoms with E-state index in [-0.39, 0.29) is 46.0 Å². The van der Waals surface area contributed by atoms with E-state index in [2.05, 4.69) is 54.5 Å². The van der Waals surface area contributed by atoms with Crippen molar-refractivity contribution in [2.75, 3.05) is 33.0 Å². The summed E-state index contributed by atoms with van der Waals surface area (Å²) in [5.74, 6) is -0.639. The van der Waals surface area contributed by atoms with Crippen molar-refractivity contribution in [3.8, 4) is 0 Å². The fourth-order valence-electron chi connectivity index (χ4n) is 19.0. The van der Waals surface area contributed by atoms with Crippen LogP contribution in [0.2, 0.25) is 0 Å². The molecule has 4 saturated carbocycles. The Morgan fingerprint density at radius 1 is 0.490 bits per heavy atom. The quantitative estimate of drug-likeness (QED) is 0.0392. The van der Waals surface area contributed by atoms with Gasteiger partial charge in [0.2, 0.25) is 6.29 Å². The first kappa shape index (κ1) is 75.2. The van der Waals surface area contributed by atoms with E-state index in [9.17, 15) is 91.9 Å². The summed E-state index contributed by atoms with van der Waals surface area (Å²) in [4.78, 5) is 15.2. The molecule has 5 aliphatic carbocycles. The molecule has 0 aromatic heterocycles. The fraction of sp³-hybridized carbons (Fsp3) is 0.954. The third kappa shape index (κ3) is 12.9. The van der Waals surface area contributed by atoms with Gasteiger partial charge in [-0.05, 0) is 116 Å². The van der Waals surface area contributed by atoms with Crippen molar-refractivity contribution in [2.45, 2.75) is 304 Å². The van der Waals surface area contributed by atoms with Crippen molar-refractivity contribution in [2.24, 2.45) is 50.2 Å². The van der Waals surface area contributed by atoms with Crippen molar-refractivity contribution in [1.82, 2.24) is 0 Å². The molecule has 0 spiro atoms. The van der Waals surface area contributed by atoms with Crippen LogP contribution in [0.1, 0.15) is 120 Å². The highest BCUT2D eigenvalue weighted by molar-refractivity contribution is 5.79. The maximum Gasteiger partial charge on any atom is 0.315 e. The molecule has 11 rings (SSSR count). The summed E-state index contributed by atoms with van der Waals surface area (Å²) in [6.45, 7) is 13.9. The molecule has 6 saturated heterocycles. The first-order valence-electron chi connectivity index (χ1n) is 34.1. The second-order valence-electron chi connectivity index (χ2n) is 31.5. The molecule has 18 N–H and O–H groups in total. The van der Waals surface area contributed by atoms with Crippen molar-refractivity contribution in [3.05, 3.63) is 11.6 Å². The summed E-state index contributed by atoms with van der Waals surface area (Å²) in [7, 11) is 0. The minimum atomic E-state index is -2.03. The Balaban J connectivity index is 0.762. The van der Waals surface area contributed by atoms with Crippen LogP contribution in [0, 0.1) is 50.2 Å². The third-order valence-corrected chi connectivity index (χ3v) is 25.2. The van der Waals surface area contributed by atoms with E-state index < -0.39 is 227 Å². The topological polar surface area (TPSA) is 492 Å². The smallest absolute Gasteiger partial charge is 0.315 e. The van der Waals surface area contributed by atoms with Crippen LogP contribution in [0.3, 0.4) is 0 Å². The van der Waals surface area contributed by atoms with E-state index in [1.54, 1.807) is 0 Å². The van der Waals surface area contributed by atoms with E-state index in [0.717, 1.165) is 19.3 Å². The standard InChI is InChI=1S/C65H106O31/c1-25-36(70)51(94-55-48(82)44(78)50(31(22-68)90-55)93-54-46(80)42(76)39(73)30(21-67)89-54)49(83)57(87-25)95-52-37(71)28(69)23-85-58(52)92-35-12-13-62(6)33(61(35,4)5)11-14-64(8)34(62)10-9-26-27-19-60(2,3)15-17-65(27,18-16-63(26,64)7)59(84)96-56-47(81)43(77)40(74)32(91-56)24-86-53-45(79)41(75)38(72)29(20-66)88-53/h9,25,27-58,66-83H,10-24H2,1-8H3/t25-,27-,28-,29+,30+,31+,32+,33-,34+,35-,36-,37-,38+,39+,40+,41-,42-,43-,44+,45+,46+,47+,48+,49+,50+,51+,52+,53+,54-,55-,56-,57-,58-,62-,63+,64+,65-/m0/s1. The Hall–Kier alpha value is -1.95. The highest BCUT2D eigenvalue weighted by Crippen LogP contribution is 2.76. The Morgan fingerprint density at radius 2 is 1.02 bits per heavy atom. The number of esters is 1. The monoisotopic (exact) mass is 1380 g/mol. The van der Waals surface area contributed by atoms with E-state index in [1.807, 2.05) is 0 Å². The molecular formula is C65H106O31. The number of aliphatic hydroxyl groups excluding tert-OH is 18. The SMILES string of the molecule is C[C@@H]1O[C@@H](O[C@H]2[C@H](O[C@H]3CC[C@]4(C)[C@H]5CC=C6[C@@H]7CC(C)(C)CC[C@]7(C(=O)O[C@@H]7O[C@H](CO[C@@H]8O[C@H](CO)[C@@H](O)[C@H](O)[C@H]8O)[C@@H](O)[C@H](O)[C@H]7O)CC[C@@]6(C)[C@]5(C)CC[C@H]4C3(C)C)OC[C@H](O)[C@@H]2O)[C@H](O)[C@H](O[C@@H]2O[C@H](CO)[C@@H](O[C@@H]3O[C@H](CO)[C@@H](O)[C@H](O)[C@H]3O)[C@H](O)[C@H]2O)[C@H]1O. The summed E-state index contributed by atoms with van der Waals surface area (Å²) >= 11 is 0. The van der Waals surface area contributed by atoms with Gasteiger partial charge in [0.05, 0.1) is 50.7 Å². The molecule has 96 heavy (non-hydrogen) atoms. The van der Waals surface area contributed by atoms with Crippen LogP contribution in [0.5, 0.6) is 0 Å². The number of ether oxygens (including phenoxy) is 12. The van der Waals surface area contributed by atoms with Crippen molar-refractivity contribution in [3.63, 3.8) is 0 Å². The second kappa shape index (κ2) is 28.3. The average molecular weight is 1380 g/mol. The Kier molecular flexibility index (Phi) is 22.1. The van der Waals surface area contributed by atoms with E-state index >= 15 is 4.79 Å². The van der Waals surface area contributed by atoms with Gasteiger partial charge >= 0.3 is 5.97 Å². The summed E-state index contributed by atoms with van der Waals surface area (Å²) in [6.07, 6.45) is -40.4. The highest BCUT2D eigenvalue weighted by atomic mass is 16.8. The number of carbonyl (C=O) groups is 1. The number of aliphatic hydroxyl groups is 18. The van der Waals surface area contributed by atoms with Gasteiger partial charge < -0.3 is 149 Å².